The van der Waals surface area contributed by atoms with Crippen molar-refractivity contribution in [3.8, 4) is 0 Å². The Bertz CT molecular complexity index is 442. The maximum atomic E-state index is 5.98. The molecule has 2 fully saturated rings. The number of anilines is 2. The molecule has 2 aliphatic rings. The Labute approximate surface area is 115 Å². The van der Waals surface area contributed by atoms with Crippen molar-refractivity contribution >= 4 is 11.6 Å². The Kier molecular flexibility index (Phi) is 3.58. The van der Waals surface area contributed by atoms with Gasteiger partial charge in [0.05, 0.1) is 0 Å². The molecule has 1 aliphatic heterocycles. The Morgan fingerprint density at radius 1 is 1.21 bits per heavy atom. The van der Waals surface area contributed by atoms with Gasteiger partial charge in [-0.3, -0.25) is 0 Å². The van der Waals surface area contributed by atoms with Gasteiger partial charge in [-0.2, -0.15) is 0 Å². The SMILES string of the molecule is CCC1CCCCCN1c1cc(N)nc(C2CC2)n1. The molecule has 0 amide bonds. The van der Waals surface area contributed by atoms with Gasteiger partial charge in [0, 0.05) is 24.6 Å². The van der Waals surface area contributed by atoms with Gasteiger partial charge in [0.1, 0.15) is 17.5 Å². The number of aromatic nitrogens is 2. The van der Waals surface area contributed by atoms with Crippen molar-refractivity contribution in [2.75, 3.05) is 17.2 Å². The standard InChI is InChI=1S/C15H24N4/c1-2-12-6-4-3-5-9-19(12)14-10-13(16)17-15(18-14)11-7-8-11/h10-12H,2-9H2,1H3,(H2,16,17,18). The summed E-state index contributed by atoms with van der Waals surface area (Å²) in [4.78, 5) is 11.7. The fraction of sp³-hybridized carbons (Fsp3) is 0.733. The highest BCUT2D eigenvalue weighted by molar-refractivity contribution is 5.48. The van der Waals surface area contributed by atoms with Gasteiger partial charge in [-0.05, 0) is 32.1 Å². The first kappa shape index (κ1) is 12.7. The van der Waals surface area contributed by atoms with E-state index < -0.39 is 0 Å². The Hall–Kier alpha value is -1.32. The zero-order valence-electron chi connectivity index (χ0n) is 11.8. The van der Waals surface area contributed by atoms with Crippen LogP contribution >= 0.6 is 0 Å². The highest BCUT2D eigenvalue weighted by Crippen LogP contribution is 2.39. The summed E-state index contributed by atoms with van der Waals surface area (Å²) in [5.41, 5.74) is 5.98. The van der Waals surface area contributed by atoms with Gasteiger partial charge in [-0.1, -0.05) is 19.8 Å². The van der Waals surface area contributed by atoms with Crippen LogP contribution in [-0.4, -0.2) is 22.6 Å². The molecule has 1 aromatic rings. The summed E-state index contributed by atoms with van der Waals surface area (Å²) in [5.74, 6) is 3.22. The van der Waals surface area contributed by atoms with Crippen LogP contribution in [0.2, 0.25) is 0 Å². The molecule has 1 unspecified atom stereocenters. The van der Waals surface area contributed by atoms with Crippen LogP contribution in [0, 0.1) is 0 Å². The minimum atomic E-state index is 0.564. The molecule has 1 atom stereocenters. The van der Waals surface area contributed by atoms with Crippen molar-refractivity contribution < 1.29 is 0 Å². The molecular formula is C15H24N4. The lowest BCUT2D eigenvalue weighted by Crippen LogP contribution is -2.35. The molecule has 2 heterocycles. The third kappa shape index (κ3) is 2.82. The van der Waals surface area contributed by atoms with E-state index in [0.717, 1.165) is 18.2 Å². The highest BCUT2D eigenvalue weighted by Gasteiger charge is 2.29. The molecule has 19 heavy (non-hydrogen) atoms. The molecular weight excluding hydrogens is 236 g/mol. The third-order valence-corrected chi connectivity index (χ3v) is 4.33. The van der Waals surface area contributed by atoms with Crippen LogP contribution in [0.1, 0.15) is 63.6 Å². The fourth-order valence-electron chi connectivity index (χ4n) is 3.05. The average Bonchev–Trinajstić information content (AvgIpc) is 3.24. The number of nitrogen functional groups attached to an aromatic ring is 1. The molecule has 2 N–H and O–H groups in total. The van der Waals surface area contributed by atoms with Gasteiger partial charge in [-0.25, -0.2) is 9.97 Å². The lowest BCUT2D eigenvalue weighted by Gasteiger charge is -2.30. The Morgan fingerprint density at radius 2 is 2.05 bits per heavy atom. The van der Waals surface area contributed by atoms with E-state index in [-0.39, 0.29) is 0 Å². The third-order valence-electron chi connectivity index (χ3n) is 4.33. The van der Waals surface area contributed by atoms with Crippen LogP contribution in [-0.2, 0) is 0 Å². The van der Waals surface area contributed by atoms with E-state index in [2.05, 4.69) is 16.8 Å². The molecule has 0 radical (unpaired) electrons. The first-order valence-electron chi connectivity index (χ1n) is 7.69. The summed E-state index contributed by atoms with van der Waals surface area (Å²) in [6.45, 7) is 3.38. The first-order valence-corrected chi connectivity index (χ1v) is 7.69. The lowest BCUT2D eigenvalue weighted by molar-refractivity contribution is 0.551. The number of nitrogens with zero attached hydrogens (tertiary/aromatic N) is 3. The number of hydrogen-bond donors (Lipinski definition) is 1. The zero-order chi connectivity index (χ0) is 13.2. The Morgan fingerprint density at radius 3 is 2.79 bits per heavy atom. The van der Waals surface area contributed by atoms with Crippen molar-refractivity contribution in [2.45, 2.75) is 63.8 Å². The van der Waals surface area contributed by atoms with Gasteiger partial charge < -0.3 is 10.6 Å². The van der Waals surface area contributed by atoms with Gasteiger partial charge in [0.15, 0.2) is 0 Å². The second-order valence-electron chi connectivity index (χ2n) is 5.89. The summed E-state index contributed by atoms with van der Waals surface area (Å²) in [6, 6.07) is 2.57. The molecule has 0 spiro atoms. The highest BCUT2D eigenvalue weighted by atomic mass is 15.2. The molecule has 3 rings (SSSR count). The van der Waals surface area contributed by atoms with Crippen molar-refractivity contribution in [1.82, 2.24) is 9.97 Å². The monoisotopic (exact) mass is 260 g/mol. The van der Waals surface area contributed by atoms with Crippen molar-refractivity contribution in [2.24, 2.45) is 0 Å². The molecule has 1 saturated heterocycles. The molecule has 1 aliphatic carbocycles. The molecule has 104 valence electrons. The smallest absolute Gasteiger partial charge is 0.136 e. The van der Waals surface area contributed by atoms with Gasteiger partial charge >= 0.3 is 0 Å². The van der Waals surface area contributed by atoms with E-state index in [1.165, 1.54) is 44.9 Å². The number of rotatable bonds is 3. The second kappa shape index (κ2) is 5.35. The van der Waals surface area contributed by atoms with Gasteiger partial charge in [0.25, 0.3) is 0 Å². The normalized spacial score (nSPS) is 24.3. The van der Waals surface area contributed by atoms with E-state index in [0.29, 0.717) is 17.8 Å². The number of hydrogen-bond acceptors (Lipinski definition) is 4. The summed E-state index contributed by atoms with van der Waals surface area (Å²) in [6.07, 6.45) is 8.84. The van der Waals surface area contributed by atoms with E-state index in [4.69, 9.17) is 10.7 Å². The van der Waals surface area contributed by atoms with E-state index in [9.17, 15) is 0 Å². The quantitative estimate of drug-likeness (QED) is 0.907. The molecule has 0 bridgehead atoms. The predicted octanol–water partition coefficient (Wildman–Crippen LogP) is 3.10. The van der Waals surface area contributed by atoms with Crippen LogP contribution in [0.4, 0.5) is 11.6 Å². The largest absolute Gasteiger partial charge is 0.384 e. The van der Waals surface area contributed by atoms with Crippen LogP contribution in [0.15, 0.2) is 6.07 Å². The van der Waals surface area contributed by atoms with Crippen LogP contribution < -0.4 is 10.6 Å². The van der Waals surface area contributed by atoms with E-state index in [1.807, 2.05) is 6.07 Å². The summed E-state index contributed by atoms with van der Waals surface area (Å²) in [5, 5.41) is 0. The van der Waals surface area contributed by atoms with E-state index in [1.54, 1.807) is 0 Å². The van der Waals surface area contributed by atoms with Crippen molar-refractivity contribution in [3.63, 3.8) is 0 Å². The maximum absolute atomic E-state index is 5.98. The minimum absolute atomic E-state index is 0.564. The molecule has 1 saturated carbocycles. The molecule has 1 aromatic heterocycles. The van der Waals surface area contributed by atoms with Crippen LogP contribution in [0.3, 0.4) is 0 Å². The average molecular weight is 260 g/mol. The second-order valence-corrected chi connectivity index (χ2v) is 5.89. The molecule has 0 aromatic carbocycles. The van der Waals surface area contributed by atoms with Crippen LogP contribution in [0.25, 0.3) is 0 Å². The summed E-state index contributed by atoms with van der Waals surface area (Å²) >= 11 is 0. The Balaban J connectivity index is 1.89. The molecule has 4 heteroatoms. The zero-order valence-corrected chi connectivity index (χ0v) is 11.8. The fourth-order valence-corrected chi connectivity index (χ4v) is 3.05. The minimum Gasteiger partial charge on any atom is -0.384 e. The topological polar surface area (TPSA) is 55.0 Å². The number of nitrogens with two attached hydrogens (primary N) is 1. The molecule has 4 nitrogen and oxygen atoms in total. The van der Waals surface area contributed by atoms with E-state index >= 15 is 0 Å². The lowest BCUT2D eigenvalue weighted by atomic mass is 10.1. The summed E-state index contributed by atoms with van der Waals surface area (Å²) in [7, 11) is 0. The predicted molar refractivity (Wildman–Crippen MR) is 78.3 cm³/mol. The first-order chi connectivity index (χ1) is 9.28. The van der Waals surface area contributed by atoms with Gasteiger partial charge in [-0.15, -0.1) is 0 Å². The summed E-state index contributed by atoms with van der Waals surface area (Å²) < 4.78 is 0. The van der Waals surface area contributed by atoms with Crippen molar-refractivity contribution in [1.29, 1.82) is 0 Å². The van der Waals surface area contributed by atoms with Crippen LogP contribution in [0.5, 0.6) is 0 Å². The van der Waals surface area contributed by atoms with Crippen molar-refractivity contribution in [3.05, 3.63) is 11.9 Å². The van der Waals surface area contributed by atoms with Gasteiger partial charge in [0.2, 0.25) is 0 Å². The maximum Gasteiger partial charge on any atom is 0.136 e.